The van der Waals surface area contributed by atoms with E-state index in [4.69, 9.17) is 0 Å². The van der Waals surface area contributed by atoms with E-state index in [9.17, 15) is 31.2 Å². The highest BCUT2D eigenvalue weighted by Gasteiger charge is 2.35. The van der Waals surface area contributed by atoms with Gasteiger partial charge in [0.1, 0.15) is 0 Å². The van der Waals surface area contributed by atoms with Gasteiger partial charge in [-0.2, -0.15) is 13.2 Å². The summed E-state index contributed by atoms with van der Waals surface area (Å²) < 4.78 is 63.7. The van der Waals surface area contributed by atoms with Gasteiger partial charge in [-0.15, -0.1) is 0 Å². The number of hydrogen-bond donors (Lipinski definition) is 3. The van der Waals surface area contributed by atoms with Crippen LogP contribution in [0.15, 0.2) is 48.5 Å². The number of alkyl halides is 3. The molecule has 206 valence electrons. The normalized spacial score (nSPS) is 20.8. The molecule has 4 rings (SSSR count). The molecule has 0 spiro atoms. The highest BCUT2D eigenvalue weighted by molar-refractivity contribution is 7.92. The van der Waals surface area contributed by atoms with Gasteiger partial charge in [-0.25, -0.2) is 8.42 Å². The second kappa shape index (κ2) is 11.3. The average Bonchev–Trinajstić information content (AvgIpc) is 2.84. The maximum absolute atomic E-state index is 12.8. The average molecular weight is 553 g/mol. The summed E-state index contributed by atoms with van der Waals surface area (Å²) in [6.45, 7) is 1.12. The van der Waals surface area contributed by atoms with Gasteiger partial charge in [0.15, 0.2) is 0 Å². The van der Waals surface area contributed by atoms with E-state index in [1.165, 1.54) is 11.6 Å². The van der Waals surface area contributed by atoms with Gasteiger partial charge in [0.2, 0.25) is 15.9 Å². The molecule has 3 N–H and O–H groups in total. The Morgan fingerprint density at radius 3 is 2.26 bits per heavy atom. The molecular formula is C26H31F3N4O4S. The molecule has 0 radical (unpaired) electrons. The Kier molecular flexibility index (Phi) is 8.31. The summed E-state index contributed by atoms with van der Waals surface area (Å²) in [5.74, 6) is -0.692. The first-order valence-electron chi connectivity index (χ1n) is 12.4. The molecule has 1 saturated heterocycles. The van der Waals surface area contributed by atoms with Crippen molar-refractivity contribution in [1.29, 1.82) is 0 Å². The number of nitrogens with one attached hydrogen (secondary N) is 3. The third-order valence-corrected chi connectivity index (χ3v) is 7.64. The van der Waals surface area contributed by atoms with Crippen LogP contribution in [0.3, 0.4) is 0 Å². The van der Waals surface area contributed by atoms with Crippen LogP contribution in [0.25, 0.3) is 0 Å². The van der Waals surface area contributed by atoms with Crippen LogP contribution in [0.2, 0.25) is 0 Å². The molecule has 2 amide bonds. The first kappa shape index (κ1) is 27.9. The summed E-state index contributed by atoms with van der Waals surface area (Å²) in [5.41, 5.74) is 0.676. The fraction of sp³-hybridized carbons (Fsp3) is 0.462. The Bertz CT molecular complexity index is 1250. The van der Waals surface area contributed by atoms with Gasteiger partial charge in [-0.1, -0.05) is 18.2 Å². The number of halogens is 3. The quantitative estimate of drug-likeness (QED) is 0.466. The van der Waals surface area contributed by atoms with E-state index < -0.39 is 27.7 Å². The van der Waals surface area contributed by atoms with E-state index in [1.807, 2.05) is 12.1 Å². The number of carbonyl (C=O) groups excluding carboxylic acids is 2. The minimum absolute atomic E-state index is 0.0272. The van der Waals surface area contributed by atoms with Crippen molar-refractivity contribution in [2.75, 3.05) is 30.6 Å². The largest absolute Gasteiger partial charge is 0.416 e. The fourth-order valence-electron chi connectivity index (χ4n) is 5.09. The molecule has 2 fully saturated rings. The Hall–Kier alpha value is -3.12. The Morgan fingerprint density at radius 2 is 1.66 bits per heavy atom. The fourth-order valence-corrected chi connectivity index (χ4v) is 5.66. The minimum atomic E-state index is -4.55. The number of carbonyl (C=O) groups is 2. The van der Waals surface area contributed by atoms with Gasteiger partial charge in [-0.05, 0) is 67.5 Å². The second-order valence-corrected chi connectivity index (χ2v) is 11.7. The topological polar surface area (TPSA) is 108 Å². The molecule has 0 atom stereocenters. The summed E-state index contributed by atoms with van der Waals surface area (Å²) in [6, 6.07) is 12.0. The van der Waals surface area contributed by atoms with Crippen LogP contribution in [-0.4, -0.2) is 63.1 Å². The van der Waals surface area contributed by atoms with E-state index in [0.29, 0.717) is 30.7 Å². The van der Waals surface area contributed by atoms with Crippen molar-refractivity contribution < 1.29 is 31.2 Å². The lowest BCUT2D eigenvalue weighted by Crippen LogP contribution is -2.63. The summed E-state index contributed by atoms with van der Waals surface area (Å²) in [4.78, 5) is 26.7. The van der Waals surface area contributed by atoms with E-state index in [1.54, 1.807) is 12.1 Å². The van der Waals surface area contributed by atoms with Crippen LogP contribution in [-0.2, 0) is 21.0 Å². The van der Waals surface area contributed by atoms with Gasteiger partial charge >= 0.3 is 6.18 Å². The van der Waals surface area contributed by atoms with Crippen LogP contribution in [0.5, 0.6) is 0 Å². The van der Waals surface area contributed by atoms with Crippen LogP contribution >= 0.6 is 0 Å². The summed E-state index contributed by atoms with van der Waals surface area (Å²) in [6.07, 6.45) is 0.686. The molecule has 8 nitrogen and oxygen atoms in total. The van der Waals surface area contributed by atoms with Gasteiger partial charge in [0.25, 0.3) is 5.91 Å². The van der Waals surface area contributed by atoms with E-state index in [-0.39, 0.29) is 24.1 Å². The molecule has 2 aliphatic rings. The van der Waals surface area contributed by atoms with Crippen LogP contribution in [0.1, 0.15) is 53.1 Å². The summed E-state index contributed by atoms with van der Waals surface area (Å²) in [7, 11) is -3.30. The molecule has 1 aliphatic carbocycles. The van der Waals surface area contributed by atoms with E-state index >= 15 is 0 Å². The van der Waals surface area contributed by atoms with Crippen molar-refractivity contribution in [3.63, 3.8) is 0 Å². The number of likely N-dealkylation sites (tertiary alicyclic amines) is 1. The lowest BCUT2D eigenvalue weighted by Gasteiger charge is -2.46. The highest BCUT2D eigenvalue weighted by Crippen LogP contribution is 2.36. The van der Waals surface area contributed by atoms with E-state index in [0.717, 1.165) is 50.1 Å². The molecule has 0 aromatic heterocycles. The lowest BCUT2D eigenvalue weighted by atomic mass is 9.80. The van der Waals surface area contributed by atoms with E-state index in [2.05, 4.69) is 20.3 Å². The first-order valence-corrected chi connectivity index (χ1v) is 14.3. The zero-order chi connectivity index (χ0) is 27.5. The number of rotatable bonds is 8. The number of benzene rings is 2. The number of anilines is 1. The van der Waals surface area contributed by atoms with Crippen molar-refractivity contribution in [2.24, 2.45) is 0 Å². The smallest absolute Gasteiger partial charge is 0.349 e. The van der Waals surface area contributed by atoms with Gasteiger partial charge in [0.05, 0.1) is 24.4 Å². The molecule has 1 heterocycles. The first-order chi connectivity index (χ1) is 17.9. The highest BCUT2D eigenvalue weighted by atomic mass is 32.2. The zero-order valence-corrected chi connectivity index (χ0v) is 21.7. The Labute approximate surface area is 220 Å². The van der Waals surface area contributed by atoms with Crippen molar-refractivity contribution in [1.82, 2.24) is 15.5 Å². The minimum Gasteiger partial charge on any atom is -0.349 e. The van der Waals surface area contributed by atoms with Crippen molar-refractivity contribution in [3.05, 3.63) is 65.2 Å². The number of sulfonamides is 1. The summed E-state index contributed by atoms with van der Waals surface area (Å²) in [5, 5.41) is 5.23. The number of amides is 2. The predicted molar refractivity (Wildman–Crippen MR) is 137 cm³/mol. The molecule has 0 bridgehead atoms. The lowest BCUT2D eigenvalue weighted by molar-refractivity contribution is -0.137. The summed E-state index contributed by atoms with van der Waals surface area (Å²) >= 11 is 0. The maximum atomic E-state index is 12.8. The third-order valence-electron chi connectivity index (χ3n) is 7.03. The number of nitrogens with zero attached hydrogens (tertiary/aromatic N) is 1. The molecule has 1 saturated carbocycles. The van der Waals surface area contributed by atoms with Gasteiger partial charge in [0, 0.05) is 30.4 Å². The van der Waals surface area contributed by atoms with Crippen LogP contribution < -0.4 is 15.4 Å². The molecular weight excluding hydrogens is 521 g/mol. The molecule has 1 aliphatic heterocycles. The molecule has 38 heavy (non-hydrogen) atoms. The van der Waals surface area contributed by atoms with Crippen molar-refractivity contribution in [2.45, 2.75) is 49.9 Å². The Balaban J connectivity index is 1.15. The molecule has 2 aromatic carbocycles. The SMILES string of the molecule is CS(=O)(=O)Nc1ccc([C@H]2CC[C@@H](N3CC(NC(=O)CNC(=O)c4cccc(C(F)(F)F)c4)C3)CC2)cc1. The van der Waals surface area contributed by atoms with Gasteiger partial charge < -0.3 is 10.6 Å². The molecule has 12 heteroatoms. The molecule has 2 aromatic rings. The van der Waals surface area contributed by atoms with Crippen LogP contribution in [0.4, 0.5) is 18.9 Å². The maximum Gasteiger partial charge on any atom is 0.416 e. The monoisotopic (exact) mass is 552 g/mol. The van der Waals surface area contributed by atoms with Crippen LogP contribution in [0, 0.1) is 0 Å². The third kappa shape index (κ3) is 7.47. The van der Waals surface area contributed by atoms with Crippen molar-refractivity contribution >= 4 is 27.5 Å². The number of hydrogen-bond acceptors (Lipinski definition) is 5. The van der Waals surface area contributed by atoms with Gasteiger partial charge in [-0.3, -0.25) is 19.2 Å². The Morgan fingerprint density at radius 1 is 1.00 bits per heavy atom. The second-order valence-electron chi connectivity index (χ2n) is 9.98. The predicted octanol–water partition coefficient (Wildman–Crippen LogP) is 3.33. The molecule has 0 unspecified atom stereocenters. The zero-order valence-electron chi connectivity index (χ0n) is 20.9. The van der Waals surface area contributed by atoms with Crippen molar-refractivity contribution in [3.8, 4) is 0 Å². The standard InChI is InChI=1S/C26H31F3N4O4S/c1-38(36,37)32-21-9-5-17(6-10-21)18-7-11-23(12-8-18)33-15-22(16-33)31-24(34)14-30-25(35)19-3-2-4-20(13-19)26(27,28)29/h2-6,9-10,13,18,22-23,32H,7-8,11-12,14-16H2,1H3,(H,30,35)(H,31,34)/t18-,23+.